The number of piperidine rings is 1. The maximum absolute atomic E-state index is 13.0. The molecule has 2 aliphatic rings. The number of alkyl halides is 3. The summed E-state index contributed by atoms with van der Waals surface area (Å²) in [6, 6.07) is 5.60. The molecule has 1 aromatic carbocycles. The van der Waals surface area contributed by atoms with Gasteiger partial charge in [-0.25, -0.2) is 4.79 Å². The van der Waals surface area contributed by atoms with Gasteiger partial charge >= 0.3 is 12.3 Å². The van der Waals surface area contributed by atoms with E-state index < -0.39 is 17.3 Å². The summed E-state index contributed by atoms with van der Waals surface area (Å²) in [4.78, 5) is 18.4. The van der Waals surface area contributed by atoms with E-state index in [0.717, 1.165) is 71.1 Å². The summed E-state index contributed by atoms with van der Waals surface area (Å²) in [5.74, 6) is 0.597. The molecule has 0 unspecified atom stereocenters. The molecule has 1 aromatic rings. The van der Waals surface area contributed by atoms with Crippen molar-refractivity contribution >= 4 is 24.2 Å². The number of rotatable bonds is 4. The van der Waals surface area contributed by atoms with Crippen LogP contribution >= 0.6 is 12.4 Å². The molecule has 0 aromatic heterocycles. The van der Waals surface area contributed by atoms with Crippen molar-refractivity contribution in [2.75, 3.05) is 50.7 Å². The first-order chi connectivity index (χ1) is 14.5. The SMILES string of the molecule is CC(C)(C)OC(=O)N1CCC(CCN2CCN(c3cccc(C(F)(F)F)c3)CC2)CC1.Cl. The number of ether oxygens (including phenoxy) is 1. The molecule has 0 N–H and O–H groups in total. The highest BCUT2D eigenvalue weighted by Gasteiger charge is 2.31. The van der Waals surface area contributed by atoms with Gasteiger partial charge < -0.3 is 14.5 Å². The number of halogens is 4. The molecule has 0 atom stereocenters. The highest BCUT2D eigenvalue weighted by atomic mass is 35.5. The lowest BCUT2D eigenvalue weighted by molar-refractivity contribution is -0.137. The summed E-state index contributed by atoms with van der Waals surface area (Å²) >= 11 is 0. The van der Waals surface area contributed by atoms with Gasteiger partial charge in [0.2, 0.25) is 0 Å². The van der Waals surface area contributed by atoms with Gasteiger partial charge in [0.15, 0.2) is 0 Å². The lowest BCUT2D eigenvalue weighted by Crippen LogP contribution is -2.47. The van der Waals surface area contributed by atoms with Gasteiger partial charge in [-0.3, -0.25) is 4.90 Å². The first kappa shape index (κ1) is 26.6. The number of piperazine rings is 1. The Labute approximate surface area is 195 Å². The van der Waals surface area contributed by atoms with E-state index >= 15 is 0 Å². The first-order valence-corrected chi connectivity index (χ1v) is 11.1. The predicted molar refractivity (Wildman–Crippen MR) is 122 cm³/mol. The lowest BCUT2D eigenvalue weighted by Gasteiger charge is -2.38. The third-order valence-corrected chi connectivity index (χ3v) is 6.03. The number of benzene rings is 1. The molecule has 2 saturated heterocycles. The number of anilines is 1. The minimum Gasteiger partial charge on any atom is -0.444 e. The Morgan fingerprint density at radius 3 is 2.22 bits per heavy atom. The second-order valence-electron chi connectivity index (χ2n) is 9.58. The van der Waals surface area contributed by atoms with Gasteiger partial charge in [-0.15, -0.1) is 12.4 Å². The molecule has 2 aliphatic heterocycles. The molecule has 9 heteroatoms. The normalized spacial score (nSPS) is 18.9. The van der Waals surface area contributed by atoms with Crippen LogP contribution in [0.4, 0.5) is 23.7 Å². The minimum absolute atomic E-state index is 0. The average molecular weight is 478 g/mol. The molecular weight excluding hydrogens is 443 g/mol. The van der Waals surface area contributed by atoms with Crippen LogP contribution in [0, 0.1) is 5.92 Å². The molecule has 32 heavy (non-hydrogen) atoms. The van der Waals surface area contributed by atoms with Crippen LogP contribution in [0.1, 0.15) is 45.6 Å². The second-order valence-corrected chi connectivity index (χ2v) is 9.58. The number of hydrogen-bond acceptors (Lipinski definition) is 4. The fourth-order valence-electron chi connectivity index (χ4n) is 4.20. The van der Waals surface area contributed by atoms with Crippen molar-refractivity contribution in [1.29, 1.82) is 0 Å². The Kier molecular flexibility index (Phi) is 9.11. The monoisotopic (exact) mass is 477 g/mol. The molecule has 0 aliphatic carbocycles. The van der Waals surface area contributed by atoms with Crippen LogP contribution < -0.4 is 4.90 Å². The molecule has 3 rings (SSSR count). The highest BCUT2D eigenvalue weighted by Crippen LogP contribution is 2.32. The topological polar surface area (TPSA) is 36.0 Å². The van der Waals surface area contributed by atoms with E-state index in [4.69, 9.17) is 4.74 Å². The number of carbonyl (C=O) groups is 1. The van der Waals surface area contributed by atoms with Crippen LogP contribution in [0.3, 0.4) is 0 Å². The summed E-state index contributed by atoms with van der Waals surface area (Å²) in [6.45, 7) is 11.3. The van der Waals surface area contributed by atoms with Crippen LogP contribution in [0.5, 0.6) is 0 Å². The van der Waals surface area contributed by atoms with Crippen LogP contribution in [-0.4, -0.2) is 67.3 Å². The van der Waals surface area contributed by atoms with Gasteiger partial charge in [0.25, 0.3) is 0 Å². The van der Waals surface area contributed by atoms with Gasteiger partial charge in [-0.2, -0.15) is 13.2 Å². The van der Waals surface area contributed by atoms with Crippen molar-refractivity contribution in [2.45, 2.75) is 51.8 Å². The van der Waals surface area contributed by atoms with Crippen LogP contribution in [-0.2, 0) is 10.9 Å². The molecule has 2 fully saturated rings. The van der Waals surface area contributed by atoms with Crippen LogP contribution in [0.2, 0.25) is 0 Å². The third-order valence-electron chi connectivity index (χ3n) is 6.03. The van der Waals surface area contributed by atoms with Crippen molar-refractivity contribution in [2.24, 2.45) is 5.92 Å². The summed E-state index contributed by atoms with van der Waals surface area (Å²) in [7, 11) is 0. The van der Waals surface area contributed by atoms with Crippen molar-refractivity contribution in [3.8, 4) is 0 Å². The summed E-state index contributed by atoms with van der Waals surface area (Å²) in [6.07, 6.45) is -1.47. The maximum atomic E-state index is 13.0. The zero-order valence-corrected chi connectivity index (χ0v) is 20.0. The molecule has 0 saturated carbocycles. The molecule has 2 heterocycles. The molecule has 1 amide bonds. The van der Waals surface area contributed by atoms with Crippen molar-refractivity contribution in [3.63, 3.8) is 0 Å². The Morgan fingerprint density at radius 2 is 1.66 bits per heavy atom. The fraction of sp³-hybridized carbons (Fsp3) is 0.696. The van der Waals surface area contributed by atoms with E-state index in [1.165, 1.54) is 12.1 Å². The average Bonchev–Trinajstić information content (AvgIpc) is 2.71. The summed E-state index contributed by atoms with van der Waals surface area (Å²) < 4.78 is 44.3. The van der Waals surface area contributed by atoms with Gasteiger partial charge in [0.1, 0.15) is 5.60 Å². The summed E-state index contributed by atoms with van der Waals surface area (Å²) in [5.41, 5.74) is -0.418. The van der Waals surface area contributed by atoms with Crippen LogP contribution in [0.15, 0.2) is 24.3 Å². The quantitative estimate of drug-likeness (QED) is 0.590. The Morgan fingerprint density at radius 1 is 1.03 bits per heavy atom. The zero-order chi connectivity index (χ0) is 22.6. The van der Waals surface area contributed by atoms with E-state index in [0.29, 0.717) is 11.6 Å². The second kappa shape index (κ2) is 11.0. The Balaban J connectivity index is 0.00000363. The molecule has 5 nitrogen and oxygen atoms in total. The molecular formula is C23H35ClF3N3O2. The number of amides is 1. The molecule has 0 radical (unpaired) electrons. The van der Waals surface area contributed by atoms with E-state index in [9.17, 15) is 18.0 Å². The zero-order valence-electron chi connectivity index (χ0n) is 19.2. The molecule has 0 spiro atoms. The third kappa shape index (κ3) is 7.73. The Hall–Kier alpha value is -1.67. The standard InChI is InChI=1S/C23H34F3N3O2.ClH/c1-22(2,3)31-21(30)29-11-8-18(9-12-29)7-10-27-13-15-28(16-14-27)20-6-4-5-19(17-20)23(24,25)26;/h4-6,17-18H,7-16H2,1-3H3;1H. The number of likely N-dealkylation sites (tertiary alicyclic amines) is 1. The first-order valence-electron chi connectivity index (χ1n) is 11.1. The largest absolute Gasteiger partial charge is 0.444 e. The van der Waals surface area contributed by atoms with E-state index in [2.05, 4.69) is 4.90 Å². The molecule has 182 valence electrons. The lowest BCUT2D eigenvalue weighted by atomic mass is 9.93. The molecule has 0 bridgehead atoms. The maximum Gasteiger partial charge on any atom is 0.416 e. The van der Waals surface area contributed by atoms with Gasteiger partial charge in [-0.1, -0.05) is 6.07 Å². The number of nitrogens with zero attached hydrogens (tertiary/aromatic N) is 3. The van der Waals surface area contributed by atoms with Gasteiger partial charge in [-0.05, 0) is 70.7 Å². The van der Waals surface area contributed by atoms with Crippen molar-refractivity contribution < 1.29 is 22.7 Å². The van der Waals surface area contributed by atoms with Gasteiger partial charge in [0.05, 0.1) is 5.56 Å². The number of carbonyl (C=O) groups excluding carboxylic acids is 1. The smallest absolute Gasteiger partial charge is 0.416 e. The van der Waals surface area contributed by atoms with Crippen molar-refractivity contribution in [1.82, 2.24) is 9.80 Å². The van der Waals surface area contributed by atoms with E-state index in [1.807, 2.05) is 25.7 Å². The van der Waals surface area contributed by atoms with E-state index in [1.54, 1.807) is 11.0 Å². The van der Waals surface area contributed by atoms with Gasteiger partial charge in [0, 0.05) is 45.0 Å². The summed E-state index contributed by atoms with van der Waals surface area (Å²) in [5, 5.41) is 0. The fourth-order valence-corrected chi connectivity index (χ4v) is 4.20. The number of hydrogen-bond donors (Lipinski definition) is 0. The predicted octanol–water partition coefficient (Wildman–Crippen LogP) is 5.29. The Bertz CT molecular complexity index is 739. The van der Waals surface area contributed by atoms with Crippen LogP contribution in [0.25, 0.3) is 0 Å². The van der Waals surface area contributed by atoms with E-state index in [-0.39, 0.29) is 18.5 Å². The van der Waals surface area contributed by atoms with Crippen molar-refractivity contribution in [3.05, 3.63) is 29.8 Å². The minimum atomic E-state index is -4.31. The highest BCUT2D eigenvalue weighted by molar-refractivity contribution is 5.85.